The molecule has 0 saturated heterocycles. The Labute approximate surface area is 179 Å². The highest BCUT2D eigenvalue weighted by atomic mass is 35.5. The van der Waals surface area contributed by atoms with Crippen molar-refractivity contribution in [2.45, 2.75) is 55.5 Å². The maximum atomic E-state index is 12.7. The van der Waals surface area contributed by atoms with Crippen LogP contribution < -0.4 is 10.6 Å². The van der Waals surface area contributed by atoms with Gasteiger partial charge in [-0.3, -0.25) is 4.79 Å². The van der Waals surface area contributed by atoms with Gasteiger partial charge in [-0.2, -0.15) is 13.2 Å². The molecule has 4 atom stereocenters. The summed E-state index contributed by atoms with van der Waals surface area (Å²) in [6.45, 7) is 1.56. The number of nitrogens with zero attached hydrogens (tertiary/aromatic N) is 2. The van der Waals surface area contributed by atoms with E-state index in [9.17, 15) is 28.2 Å². The van der Waals surface area contributed by atoms with Gasteiger partial charge in [-0.1, -0.05) is 30.3 Å². The molecule has 0 bridgehead atoms. The Hall–Kier alpha value is -1.38. The van der Waals surface area contributed by atoms with Gasteiger partial charge >= 0.3 is 12.1 Å². The first-order valence-corrected chi connectivity index (χ1v) is 10.4. The number of nitrogens with one attached hydrogen (secondary N) is 2. The van der Waals surface area contributed by atoms with Crippen LogP contribution in [0.2, 0.25) is 5.15 Å². The molecule has 1 fully saturated rings. The summed E-state index contributed by atoms with van der Waals surface area (Å²) in [7, 11) is 0. The molecular weight excluding hydrogens is 453 g/mol. The van der Waals surface area contributed by atoms with Crippen LogP contribution in [0.5, 0.6) is 0 Å². The van der Waals surface area contributed by atoms with E-state index in [1.807, 2.05) is 6.92 Å². The summed E-state index contributed by atoms with van der Waals surface area (Å²) in [5.74, 6) is -1.88. The smallest absolute Gasteiger partial charge is 0.394 e. The average Bonchev–Trinajstić information content (AvgIpc) is 2.94. The zero-order chi connectivity index (χ0) is 22.5. The predicted molar refractivity (Wildman–Crippen MR) is 104 cm³/mol. The van der Waals surface area contributed by atoms with Crippen molar-refractivity contribution in [2.24, 2.45) is 0 Å². The first-order valence-electron chi connectivity index (χ1n) is 9.02. The summed E-state index contributed by atoms with van der Waals surface area (Å²) in [5, 5.41) is 33.3. The number of anilines is 2. The third kappa shape index (κ3) is 6.31. The highest BCUT2D eigenvalue weighted by Gasteiger charge is 2.43. The molecule has 5 N–H and O–H groups in total. The van der Waals surface area contributed by atoms with Crippen LogP contribution in [-0.2, 0) is 9.53 Å². The van der Waals surface area contributed by atoms with Gasteiger partial charge in [0, 0.05) is 5.75 Å². The molecule has 1 aromatic heterocycles. The summed E-state index contributed by atoms with van der Waals surface area (Å²) < 4.78 is 43.4. The summed E-state index contributed by atoms with van der Waals surface area (Å²) in [6.07, 6.45) is -7.78. The zero-order valence-corrected chi connectivity index (χ0v) is 17.4. The van der Waals surface area contributed by atoms with Crippen molar-refractivity contribution in [3.8, 4) is 0 Å². The van der Waals surface area contributed by atoms with Crippen molar-refractivity contribution < 1.29 is 38.0 Å². The van der Waals surface area contributed by atoms with Crippen LogP contribution in [0.1, 0.15) is 19.8 Å². The van der Waals surface area contributed by atoms with Gasteiger partial charge in [0.05, 0.1) is 25.4 Å². The van der Waals surface area contributed by atoms with E-state index in [4.69, 9.17) is 21.4 Å². The van der Waals surface area contributed by atoms with E-state index in [1.165, 1.54) is 11.8 Å². The molecule has 9 nitrogen and oxygen atoms in total. The number of aromatic nitrogens is 2. The third-order valence-corrected chi connectivity index (χ3v) is 5.48. The average molecular weight is 475 g/mol. The molecule has 0 aromatic carbocycles. The quantitative estimate of drug-likeness (QED) is 0.204. The van der Waals surface area contributed by atoms with Gasteiger partial charge in [-0.05, 0) is 12.8 Å². The Bertz CT molecular complexity index is 746. The molecule has 0 unspecified atom stereocenters. The van der Waals surface area contributed by atoms with Gasteiger partial charge in [0.25, 0.3) is 0 Å². The van der Waals surface area contributed by atoms with E-state index in [2.05, 4.69) is 15.3 Å². The lowest BCUT2D eigenvalue weighted by atomic mass is 10.2. The Balaban J connectivity index is 2.30. The first kappa shape index (κ1) is 24.9. The van der Waals surface area contributed by atoms with E-state index in [1.54, 1.807) is 5.32 Å². The van der Waals surface area contributed by atoms with Gasteiger partial charge in [0.15, 0.2) is 16.1 Å². The molecule has 1 amide bonds. The van der Waals surface area contributed by atoms with E-state index in [0.29, 0.717) is 5.75 Å². The van der Waals surface area contributed by atoms with Gasteiger partial charge in [-0.25, -0.2) is 9.97 Å². The highest BCUT2D eigenvalue weighted by Crippen LogP contribution is 2.34. The number of thioether (sulfide) groups is 1. The molecule has 0 radical (unpaired) electrons. The number of hydrogen-bond donors (Lipinski definition) is 5. The number of alkyl halides is 3. The molecule has 2 rings (SSSR count). The van der Waals surface area contributed by atoms with E-state index in [0.717, 1.165) is 6.42 Å². The number of carbonyl (C=O) groups is 1. The largest absolute Gasteiger partial charge is 0.471 e. The van der Waals surface area contributed by atoms with Crippen LogP contribution >= 0.6 is 23.4 Å². The summed E-state index contributed by atoms with van der Waals surface area (Å²) in [5.41, 5.74) is -0.499. The molecule has 1 aromatic rings. The summed E-state index contributed by atoms with van der Waals surface area (Å²) in [6, 6.07) is -0.875. The monoisotopic (exact) mass is 474 g/mol. The molecular formula is C16H22ClF3N4O5S. The van der Waals surface area contributed by atoms with Crippen LogP contribution in [0.4, 0.5) is 24.7 Å². The SMILES string of the molecule is CCCSc1nc(Cl)c(NC(=O)C(F)(F)F)c(N[C@@H]2C[C@H](OCCO)[C@@H](O)[C@H]2O)n1. The molecule has 1 aliphatic rings. The summed E-state index contributed by atoms with van der Waals surface area (Å²) in [4.78, 5) is 19.4. The molecule has 1 aliphatic carbocycles. The number of ether oxygens (including phenoxy) is 1. The molecule has 14 heteroatoms. The minimum Gasteiger partial charge on any atom is -0.394 e. The standard InChI is InChI=1S/C16H22ClF3N4O5S/c1-2-5-30-15-23-12(17)9(22-14(28)16(18,19)20)13(24-15)21-7-6-8(29-4-3-25)11(27)10(7)26/h7-8,10-11,25-27H,2-6H2,1H3,(H,22,28)(H,21,23,24)/t7-,8+,10+,11-/m1/s1. The van der Waals surface area contributed by atoms with Crippen molar-refractivity contribution in [3.63, 3.8) is 0 Å². The van der Waals surface area contributed by atoms with Crippen LogP contribution in [0.3, 0.4) is 0 Å². The minimum absolute atomic E-state index is 0.0635. The Morgan fingerprint density at radius 1 is 1.33 bits per heavy atom. The number of carbonyl (C=O) groups excluding carboxylic acids is 1. The van der Waals surface area contributed by atoms with Crippen LogP contribution in [0.15, 0.2) is 5.16 Å². The Kier molecular flexibility index (Phi) is 8.94. The second-order valence-electron chi connectivity index (χ2n) is 6.42. The minimum atomic E-state index is -5.16. The van der Waals surface area contributed by atoms with Crippen molar-refractivity contribution >= 4 is 40.8 Å². The first-order chi connectivity index (χ1) is 14.1. The second kappa shape index (κ2) is 10.8. The normalized spacial score (nSPS) is 24.1. The Morgan fingerprint density at radius 2 is 2.03 bits per heavy atom. The van der Waals surface area contributed by atoms with Crippen LogP contribution in [-0.4, -0.2) is 80.7 Å². The number of halogens is 4. The number of aliphatic hydroxyl groups is 3. The molecule has 1 saturated carbocycles. The van der Waals surface area contributed by atoms with Gasteiger partial charge in [-0.15, -0.1) is 0 Å². The van der Waals surface area contributed by atoms with Crippen molar-refractivity contribution in [1.29, 1.82) is 0 Å². The number of hydrogen-bond acceptors (Lipinski definition) is 9. The molecule has 170 valence electrons. The number of rotatable bonds is 9. The highest BCUT2D eigenvalue weighted by molar-refractivity contribution is 7.99. The lowest BCUT2D eigenvalue weighted by Gasteiger charge is -2.21. The van der Waals surface area contributed by atoms with Gasteiger partial charge in [0.2, 0.25) is 0 Å². The molecule has 1 heterocycles. The fourth-order valence-electron chi connectivity index (χ4n) is 2.75. The Morgan fingerprint density at radius 3 is 2.63 bits per heavy atom. The van der Waals surface area contributed by atoms with Crippen molar-refractivity contribution in [2.75, 3.05) is 29.6 Å². The van der Waals surface area contributed by atoms with Crippen LogP contribution in [0, 0.1) is 0 Å². The maximum Gasteiger partial charge on any atom is 0.471 e. The van der Waals surface area contributed by atoms with Crippen molar-refractivity contribution in [1.82, 2.24) is 9.97 Å². The molecule has 0 aliphatic heterocycles. The van der Waals surface area contributed by atoms with Crippen molar-refractivity contribution in [3.05, 3.63) is 5.15 Å². The topological polar surface area (TPSA) is 137 Å². The lowest BCUT2D eigenvalue weighted by molar-refractivity contribution is -0.167. The van der Waals surface area contributed by atoms with Gasteiger partial charge in [0.1, 0.15) is 17.9 Å². The lowest BCUT2D eigenvalue weighted by Crippen LogP contribution is -2.37. The van der Waals surface area contributed by atoms with Crippen LogP contribution in [0.25, 0.3) is 0 Å². The van der Waals surface area contributed by atoms with E-state index < -0.39 is 47.3 Å². The second-order valence-corrected chi connectivity index (χ2v) is 7.84. The molecule has 0 spiro atoms. The summed E-state index contributed by atoms with van der Waals surface area (Å²) >= 11 is 7.21. The maximum absolute atomic E-state index is 12.7. The number of aliphatic hydroxyl groups excluding tert-OH is 3. The van der Waals surface area contributed by atoms with E-state index in [-0.39, 0.29) is 30.6 Å². The third-order valence-electron chi connectivity index (χ3n) is 4.15. The molecule has 30 heavy (non-hydrogen) atoms. The zero-order valence-electron chi connectivity index (χ0n) is 15.8. The number of amides is 1. The fraction of sp³-hybridized carbons (Fsp3) is 0.688. The van der Waals surface area contributed by atoms with E-state index >= 15 is 0 Å². The predicted octanol–water partition coefficient (Wildman–Crippen LogP) is 1.42. The van der Waals surface area contributed by atoms with Gasteiger partial charge < -0.3 is 30.7 Å². The fourth-order valence-corrected chi connectivity index (χ4v) is 3.71.